The van der Waals surface area contributed by atoms with Crippen molar-refractivity contribution in [3.63, 3.8) is 0 Å². The van der Waals surface area contributed by atoms with Gasteiger partial charge in [0, 0.05) is 13.7 Å². The van der Waals surface area contributed by atoms with Crippen LogP contribution in [0.3, 0.4) is 0 Å². The monoisotopic (exact) mass is 367 g/mol. The van der Waals surface area contributed by atoms with Gasteiger partial charge in [-0.3, -0.25) is 0 Å². The SMILES string of the molecule is CO[Si](C)(CCCS)OCCCN([Si](C)(C)C)[Si](C)(C)C. The summed E-state index contributed by atoms with van der Waals surface area (Å²) in [6.07, 6.45) is 2.19. The molecular weight excluding hydrogens is 330 g/mol. The highest BCUT2D eigenvalue weighted by atomic mass is 32.1. The molecule has 128 valence electrons. The van der Waals surface area contributed by atoms with E-state index in [0.717, 1.165) is 31.2 Å². The van der Waals surface area contributed by atoms with Crippen molar-refractivity contribution in [2.45, 2.75) is 64.7 Å². The van der Waals surface area contributed by atoms with Crippen molar-refractivity contribution >= 4 is 37.7 Å². The van der Waals surface area contributed by atoms with E-state index in [0.29, 0.717) is 0 Å². The normalized spacial score (nSPS) is 16.3. The summed E-state index contributed by atoms with van der Waals surface area (Å²) in [4.78, 5) is 0. The molecule has 0 aromatic rings. The molecule has 3 nitrogen and oxygen atoms in total. The number of hydrogen-bond donors (Lipinski definition) is 1. The zero-order chi connectivity index (χ0) is 16.7. The molecule has 1 unspecified atom stereocenters. The van der Waals surface area contributed by atoms with Crippen LogP contribution in [-0.2, 0) is 8.85 Å². The van der Waals surface area contributed by atoms with Crippen molar-refractivity contribution in [3.8, 4) is 0 Å². The molecule has 0 aliphatic carbocycles. The summed E-state index contributed by atoms with van der Waals surface area (Å²) in [5.41, 5.74) is 0. The van der Waals surface area contributed by atoms with E-state index in [-0.39, 0.29) is 0 Å². The lowest BCUT2D eigenvalue weighted by atomic mass is 10.5. The summed E-state index contributed by atoms with van der Waals surface area (Å²) in [6, 6.07) is 1.04. The van der Waals surface area contributed by atoms with Gasteiger partial charge in [0.25, 0.3) is 0 Å². The van der Waals surface area contributed by atoms with Crippen LogP contribution >= 0.6 is 12.6 Å². The maximum Gasteiger partial charge on any atom is 0.334 e. The molecule has 0 bridgehead atoms. The van der Waals surface area contributed by atoms with E-state index >= 15 is 0 Å². The van der Waals surface area contributed by atoms with Crippen LogP contribution in [0, 0.1) is 0 Å². The number of nitrogens with zero attached hydrogens (tertiary/aromatic N) is 1. The number of hydrogen-bond acceptors (Lipinski definition) is 4. The Bertz CT molecular complexity index is 281. The molecule has 7 heteroatoms. The second-order valence-electron chi connectivity index (χ2n) is 7.86. The topological polar surface area (TPSA) is 21.7 Å². The maximum absolute atomic E-state index is 6.14. The Labute approximate surface area is 141 Å². The lowest BCUT2D eigenvalue weighted by Crippen LogP contribution is -2.59. The minimum absolute atomic E-state index is 0.828. The highest BCUT2D eigenvalue weighted by Crippen LogP contribution is 2.21. The third-order valence-electron chi connectivity index (χ3n) is 3.77. The van der Waals surface area contributed by atoms with Crippen molar-refractivity contribution in [3.05, 3.63) is 0 Å². The van der Waals surface area contributed by atoms with Gasteiger partial charge in [0.15, 0.2) is 0 Å². The molecule has 0 aromatic carbocycles. The van der Waals surface area contributed by atoms with Crippen molar-refractivity contribution in [1.29, 1.82) is 0 Å². The summed E-state index contributed by atoms with van der Waals surface area (Å²) in [6.45, 7) is 18.9. The molecule has 0 radical (unpaired) electrons. The van der Waals surface area contributed by atoms with E-state index in [1.165, 1.54) is 6.54 Å². The van der Waals surface area contributed by atoms with Gasteiger partial charge in [0.05, 0.1) is 0 Å². The Kier molecular flexibility index (Phi) is 9.63. The van der Waals surface area contributed by atoms with Crippen molar-refractivity contribution in [1.82, 2.24) is 4.23 Å². The van der Waals surface area contributed by atoms with Crippen molar-refractivity contribution in [2.24, 2.45) is 0 Å². The Morgan fingerprint density at radius 1 is 0.905 bits per heavy atom. The van der Waals surface area contributed by atoms with Gasteiger partial charge >= 0.3 is 8.56 Å². The maximum atomic E-state index is 6.14. The second kappa shape index (κ2) is 9.24. The Balaban J connectivity index is 4.33. The van der Waals surface area contributed by atoms with E-state index in [1.54, 1.807) is 7.11 Å². The zero-order valence-corrected chi connectivity index (χ0v) is 19.3. The number of thiol groups is 1. The van der Waals surface area contributed by atoms with Crippen LogP contribution in [0.15, 0.2) is 0 Å². The van der Waals surface area contributed by atoms with E-state index < -0.39 is 25.0 Å². The third-order valence-corrected chi connectivity index (χ3v) is 14.7. The molecule has 0 aliphatic rings. The first-order valence-electron chi connectivity index (χ1n) is 8.04. The number of rotatable bonds is 11. The van der Waals surface area contributed by atoms with Crippen molar-refractivity contribution in [2.75, 3.05) is 26.0 Å². The molecule has 0 saturated heterocycles. The Hall–Kier alpha value is 0.881. The molecule has 21 heavy (non-hydrogen) atoms. The fourth-order valence-corrected chi connectivity index (χ4v) is 14.8. The molecule has 0 saturated carbocycles. The largest absolute Gasteiger partial charge is 0.398 e. The molecule has 0 rings (SSSR count). The molecule has 0 amide bonds. The smallest absolute Gasteiger partial charge is 0.334 e. The molecule has 0 aliphatic heterocycles. The molecule has 0 spiro atoms. The molecule has 0 N–H and O–H groups in total. The van der Waals surface area contributed by atoms with Gasteiger partial charge in [-0.25, -0.2) is 0 Å². The van der Waals surface area contributed by atoms with Gasteiger partial charge in [-0.2, -0.15) is 12.6 Å². The van der Waals surface area contributed by atoms with Gasteiger partial charge in [0.1, 0.15) is 16.5 Å². The summed E-state index contributed by atoms with van der Waals surface area (Å²) in [5, 5.41) is 0. The first-order chi connectivity index (χ1) is 9.46. The molecular formula is C14H37NO2SSi3. The quantitative estimate of drug-likeness (QED) is 0.332. The average Bonchev–Trinajstić information content (AvgIpc) is 2.33. The standard InChI is InChI=1S/C14H37NO2SSi3/c1-16-21(8,14-10-13-18)17-12-9-11-15(19(2,3)4)20(5,6)7/h18H,9-14H2,1-8H3. The van der Waals surface area contributed by atoms with Gasteiger partial charge in [-0.05, 0) is 37.7 Å². The van der Waals surface area contributed by atoms with Crippen LogP contribution in [0.25, 0.3) is 0 Å². The van der Waals surface area contributed by atoms with E-state index in [9.17, 15) is 0 Å². The van der Waals surface area contributed by atoms with Crippen LogP contribution < -0.4 is 0 Å². The first kappa shape index (κ1) is 21.9. The fraction of sp³-hybridized carbons (Fsp3) is 1.00. The van der Waals surface area contributed by atoms with E-state index in [2.05, 4.69) is 62.7 Å². The van der Waals surface area contributed by atoms with Crippen LogP contribution in [0.1, 0.15) is 12.8 Å². The predicted octanol–water partition coefficient (Wildman–Crippen LogP) is 4.40. The Morgan fingerprint density at radius 3 is 1.81 bits per heavy atom. The van der Waals surface area contributed by atoms with Crippen LogP contribution in [0.5, 0.6) is 0 Å². The predicted molar refractivity (Wildman–Crippen MR) is 106 cm³/mol. The van der Waals surface area contributed by atoms with Crippen LogP contribution in [-0.4, -0.2) is 55.3 Å². The minimum Gasteiger partial charge on any atom is -0.398 e. The molecule has 0 heterocycles. The minimum atomic E-state index is -1.95. The lowest BCUT2D eigenvalue weighted by Gasteiger charge is -2.43. The Morgan fingerprint density at radius 2 is 1.43 bits per heavy atom. The molecule has 0 aromatic heterocycles. The van der Waals surface area contributed by atoms with E-state index in [4.69, 9.17) is 8.85 Å². The van der Waals surface area contributed by atoms with Crippen molar-refractivity contribution < 1.29 is 8.85 Å². The summed E-state index contributed by atoms with van der Waals surface area (Å²) < 4.78 is 14.6. The van der Waals surface area contributed by atoms with Crippen LogP contribution in [0.4, 0.5) is 0 Å². The third kappa shape index (κ3) is 8.92. The summed E-state index contributed by atoms with van der Waals surface area (Å²) in [7, 11) is -2.64. The van der Waals surface area contributed by atoms with Gasteiger partial charge in [-0.1, -0.05) is 39.3 Å². The molecule has 1 atom stereocenters. The summed E-state index contributed by atoms with van der Waals surface area (Å²) >= 11 is 4.28. The lowest BCUT2D eigenvalue weighted by molar-refractivity contribution is 0.199. The highest BCUT2D eigenvalue weighted by Gasteiger charge is 2.34. The fourth-order valence-electron chi connectivity index (χ4n) is 2.82. The van der Waals surface area contributed by atoms with Crippen LogP contribution in [0.2, 0.25) is 51.9 Å². The van der Waals surface area contributed by atoms with E-state index in [1.807, 2.05) is 0 Å². The first-order valence-corrected chi connectivity index (χ1v) is 18.1. The highest BCUT2D eigenvalue weighted by molar-refractivity contribution is 7.80. The van der Waals surface area contributed by atoms with Gasteiger partial charge < -0.3 is 13.1 Å². The van der Waals surface area contributed by atoms with Gasteiger partial charge in [-0.15, -0.1) is 0 Å². The second-order valence-corrected chi connectivity index (χ2v) is 22.0. The summed E-state index contributed by atoms with van der Waals surface area (Å²) in [5.74, 6) is 0.911. The average molecular weight is 368 g/mol. The van der Waals surface area contributed by atoms with Gasteiger partial charge in [0.2, 0.25) is 0 Å². The molecule has 0 fully saturated rings. The zero-order valence-electron chi connectivity index (χ0n) is 15.5.